The molecule has 0 atom stereocenters. The first-order valence-corrected chi connectivity index (χ1v) is 20.7. The minimum atomic E-state index is -4.65. The second kappa shape index (κ2) is 16.3. The van der Waals surface area contributed by atoms with Gasteiger partial charge in [0.25, 0.3) is 10.1 Å². The fourth-order valence-corrected chi connectivity index (χ4v) is 8.23. The molecule has 1 aliphatic rings. The van der Waals surface area contributed by atoms with Gasteiger partial charge in [0.2, 0.25) is 0 Å². The Bertz CT molecular complexity index is 2500. The van der Waals surface area contributed by atoms with Crippen molar-refractivity contribution in [2.24, 2.45) is 0 Å². The van der Waals surface area contributed by atoms with Crippen molar-refractivity contribution in [2.45, 2.75) is 71.1 Å². The van der Waals surface area contributed by atoms with E-state index in [4.69, 9.17) is 9.47 Å². The molecule has 0 spiro atoms. The van der Waals surface area contributed by atoms with E-state index >= 15 is 0 Å². The first kappa shape index (κ1) is 38.7. The van der Waals surface area contributed by atoms with Crippen molar-refractivity contribution in [2.75, 3.05) is 13.2 Å². The average molecular weight is 769 g/mol. The molecule has 1 aliphatic carbocycles. The van der Waals surface area contributed by atoms with Crippen LogP contribution in [0.4, 0.5) is 0 Å². The molecule has 8 heteroatoms. The molecular formula is C48H48O7S. The van der Waals surface area contributed by atoms with E-state index < -0.39 is 10.1 Å². The molecule has 0 saturated carbocycles. The number of aryl methyl sites for hydroxylation is 2. The number of aromatic hydroxyl groups is 2. The van der Waals surface area contributed by atoms with Gasteiger partial charge in [0, 0.05) is 36.8 Å². The summed E-state index contributed by atoms with van der Waals surface area (Å²) in [7, 11) is -4.65. The van der Waals surface area contributed by atoms with Crippen LogP contribution in [0, 0.1) is 13.8 Å². The summed E-state index contributed by atoms with van der Waals surface area (Å²) in [6.45, 7) is 8.96. The lowest BCUT2D eigenvalue weighted by atomic mass is 9.89. The van der Waals surface area contributed by atoms with Crippen molar-refractivity contribution in [3.63, 3.8) is 0 Å². The number of ether oxygens (including phenoxy) is 2. The number of hydrogen-bond donors (Lipinski definition) is 3. The maximum atomic E-state index is 12.8. The summed E-state index contributed by atoms with van der Waals surface area (Å²) in [5, 5.41) is 23.9. The first-order chi connectivity index (χ1) is 26.9. The number of hydrogen-bond acceptors (Lipinski definition) is 6. The maximum Gasteiger partial charge on any atom is 0.294 e. The van der Waals surface area contributed by atoms with E-state index in [1.807, 2.05) is 57.2 Å². The van der Waals surface area contributed by atoms with Gasteiger partial charge in [-0.05, 0) is 107 Å². The van der Waals surface area contributed by atoms with Gasteiger partial charge in [-0.2, -0.15) is 8.42 Å². The molecule has 6 aromatic carbocycles. The van der Waals surface area contributed by atoms with Gasteiger partial charge >= 0.3 is 0 Å². The van der Waals surface area contributed by atoms with Crippen LogP contribution in [0.25, 0.3) is 22.3 Å². The van der Waals surface area contributed by atoms with E-state index in [0.717, 1.165) is 74.0 Å². The molecule has 8 bridgehead atoms. The summed E-state index contributed by atoms with van der Waals surface area (Å²) >= 11 is 0. The van der Waals surface area contributed by atoms with Crippen LogP contribution in [0.1, 0.15) is 82.3 Å². The van der Waals surface area contributed by atoms with Gasteiger partial charge in [0.15, 0.2) is 0 Å². The predicted octanol–water partition coefficient (Wildman–Crippen LogP) is 10.5. The second-order valence-corrected chi connectivity index (χ2v) is 16.3. The van der Waals surface area contributed by atoms with Crippen LogP contribution in [0.2, 0.25) is 0 Å². The van der Waals surface area contributed by atoms with Gasteiger partial charge in [-0.15, -0.1) is 0 Å². The lowest BCUT2D eigenvalue weighted by Gasteiger charge is -2.22. The number of benzene rings is 6. The number of para-hydroxylation sites is 1. The number of phenols is 2. The third-order valence-electron chi connectivity index (χ3n) is 10.4. The van der Waals surface area contributed by atoms with Crippen molar-refractivity contribution >= 4 is 10.1 Å². The van der Waals surface area contributed by atoms with Gasteiger partial charge < -0.3 is 19.7 Å². The second-order valence-electron chi connectivity index (χ2n) is 14.9. The number of phenolic OH excluding ortho intramolecular Hbond substituents is 2. The highest BCUT2D eigenvalue weighted by atomic mass is 32.2. The summed E-state index contributed by atoms with van der Waals surface area (Å²) < 4.78 is 48.8. The Balaban J connectivity index is 1.47. The summed E-state index contributed by atoms with van der Waals surface area (Å²) in [4.78, 5) is -0.302. The average Bonchev–Trinajstić information content (AvgIpc) is 3.16. The van der Waals surface area contributed by atoms with E-state index in [1.165, 1.54) is 17.7 Å². The van der Waals surface area contributed by atoms with Crippen molar-refractivity contribution in [1.29, 1.82) is 0 Å². The van der Waals surface area contributed by atoms with Gasteiger partial charge in [0.05, 0.1) is 18.1 Å². The van der Waals surface area contributed by atoms with E-state index in [2.05, 4.69) is 61.5 Å². The Morgan fingerprint density at radius 2 is 0.893 bits per heavy atom. The van der Waals surface area contributed by atoms with Crippen molar-refractivity contribution in [3.05, 3.63) is 159 Å². The Hall–Kier alpha value is -5.57. The van der Waals surface area contributed by atoms with Gasteiger partial charge in [-0.1, -0.05) is 104 Å². The minimum Gasteiger partial charge on any atom is -0.507 e. The van der Waals surface area contributed by atoms with Crippen LogP contribution >= 0.6 is 0 Å². The Morgan fingerprint density at radius 3 is 1.34 bits per heavy atom. The standard InChI is InChI=1S/C48H48O7S/c1-5-18-54-47-40-20-31(4)21-41(47)26-38-28-44(56(51,52)53)29-39(46(38)50)27-43-25-37(34-16-14-33(15-17-34)32-12-10-30(3)11-13-32)24-42(48(43)55-19-6-2)23-36-9-7-8-35(22-40)45(36)49/h7-17,20-21,24-25,28-29,49-50H,5-6,18-19,22-23,26-27H2,1-4H3,(H,51,52,53). The molecule has 0 saturated heterocycles. The zero-order valence-corrected chi connectivity index (χ0v) is 33.2. The lowest BCUT2D eigenvalue weighted by Crippen LogP contribution is -2.09. The number of fused-ring (bicyclic) bond motifs is 8. The predicted molar refractivity (Wildman–Crippen MR) is 222 cm³/mol. The van der Waals surface area contributed by atoms with Crippen molar-refractivity contribution in [1.82, 2.24) is 0 Å². The first-order valence-electron chi connectivity index (χ1n) is 19.2. The largest absolute Gasteiger partial charge is 0.507 e. The quantitative estimate of drug-likeness (QED) is 0.125. The molecule has 0 amide bonds. The monoisotopic (exact) mass is 768 g/mol. The minimum absolute atomic E-state index is 0.0623. The molecule has 0 fully saturated rings. The Kier molecular flexibility index (Phi) is 11.2. The summed E-state index contributed by atoms with van der Waals surface area (Å²) in [5.74, 6) is 1.39. The molecule has 0 aliphatic heterocycles. The van der Waals surface area contributed by atoms with Gasteiger partial charge in [-0.3, -0.25) is 4.55 Å². The highest BCUT2D eigenvalue weighted by molar-refractivity contribution is 7.85. The van der Waals surface area contributed by atoms with Crippen LogP contribution in [-0.4, -0.2) is 36.4 Å². The van der Waals surface area contributed by atoms with Crippen molar-refractivity contribution < 1.29 is 32.7 Å². The summed E-state index contributed by atoms with van der Waals surface area (Å²) in [6, 6.07) is 33.4. The zero-order valence-electron chi connectivity index (χ0n) is 32.4. The van der Waals surface area contributed by atoms with Crippen LogP contribution < -0.4 is 9.47 Å². The summed E-state index contributed by atoms with van der Waals surface area (Å²) in [5.41, 5.74) is 11.5. The Morgan fingerprint density at radius 1 is 0.500 bits per heavy atom. The third kappa shape index (κ3) is 8.32. The molecule has 3 N–H and O–H groups in total. The molecule has 7 nitrogen and oxygen atoms in total. The molecule has 7 rings (SSSR count). The van der Waals surface area contributed by atoms with Gasteiger partial charge in [0.1, 0.15) is 23.0 Å². The smallest absolute Gasteiger partial charge is 0.294 e. The van der Waals surface area contributed by atoms with Gasteiger partial charge in [-0.25, -0.2) is 0 Å². The van der Waals surface area contributed by atoms with E-state index in [-0.39, 0.29) is 29.2 Å². The molecular weight excluding hydrogens is 721 g/mol. The highest BCUT2D eigenvalue weighted by Crippen LogP contribution is 2.41. The Labute approximate surface area is 330 Å². The molecule has 56 heavy (non-hydrogen) atoms. The normalized spacial score (nSPS) is 12.7. The van der Waals surface area contributed by atoms with E-state index in [1.54, 1.807) is 0 Å². The SMILES string of the molecule is CCCOc1c2cc(C)cc1Cc1cc(S(=O)(=O)O)cc(c1O)Cc1cc(-c3ccc(-c4ccc(C)cc4)cc3)cc(c1OCCC)Cc1cccc(c1O)C2. The van der Waals surface area contributed by atoms with Crippen LogP contribution in [0.15, 0.2) is 108 Å². The maximum absolute atomic E-state index is 12.8. The lowest BCUT2D eigenvalue weighted by molar-refractivity contribution is 0.311. The molecule has 6 aromatic rings. The van der Waals surface area contributed by atoms with Crippen molar-refractivity contribution in [3.8, 4) is 45.3 Å². The molecule has 0 heterocycles. The van der Waals surface area contributed by atoms with E-state index in [9.17, 15) is 23.2 Å². The van der Waals surface area contributed by atoms with Crippen LogP contribution in [0.5, 0.6) is 23.0 Å². The zero-order chi connectivity index (χ0) is 39.6. The van der Waals surface area contributed by atoms with E-state index in [0.29, 0.717) is 48.7 Å². The van der Waals surface area contributed by atoms with Crippen LogP contribution in [-0.2, 0) is 35.8 Å². The topological polar surface area (TPSA) is 113 Å². The molecule has 288 valence electrons. The summed E-state index contributed by atoms with van der Waals surface area (Å²) in [6.07, 6.45) is 2.48. The molecule has 0 radical (unpaired) electrons. The van der Waals surface area contributed by atoms with Crippen LogP contribution in [0.3, 0.4) is 0 Å². The number of rotatable bonds is 9. The fraction of sp³-hybridized carbons (Fsp3) is 0.250. The third-order valence-corrected chi connectivity index (χ3v) is 11.2. The molecule has 0 unspecified atom stereocenters. The highest BCUT2D eigenvalue weighted by Gasteiger charge is 2.24. The molecule has 0 aromatic heterocycles. The fourth-order valence-electron chi connectivity index (χ4n) is 7.65.